The Labute approximate surface area is 201 Å². The summed E-state index contributed by atoms with van der Waals surface area (Å²) in [6.45, 7) is 16.6. The molecule has 1 aromatic rings. The van der Waals surface area contributed by atoms with Crippen LogP contribution < -0.4 is 16.4 Å². The summed E-state index contributed by atoms with van der Waals surface area (Å²) in [5.74, 6) is 0.543. The number of benzene rings is 1. The predicted molar refractivity (Wildman–Crippen MR) is 141 cm³/mol. The maximum absolute atomic E-state index is 9.50. The second-order valence-electron chi connectivity index (χ2n) is 8.32. The summed E-state index contributed by atoms with van der Waals surface area (Å²) in [6, 6.07) is 6.49. The molecule has 1 amide bonds. The molecule has 0 bridgehead atoms. The summed E-state index contributed by atoms with van der Waals surface area (Å²) >= 11 is 0. The van der Waals surface area contributed by atoms with Crippen LogP contribution >= 0.6 is 0 Å². The van der Waals surface area contributed by atoms with Gasteiger partial charge in [0, 0.05) is 43.4 Å². The monoisotopic (exact) mass is 461 g/mol. The first-order chi connectivity index (χ1) is 15.8. The summed E-state index contributed by atoms with van der Waals surface area (Å²) in [4.78, 5) is 16.1. The lowest BCUT2D eigenvalue weighted by molar-refractivity contribution is -0.109. The van der Waals surface area contributed by atoms with Crippen molar-refractivity contribution >= 4 is 17.9 Å². The van der Waals surface area contributed by atoms with Gasteiger partial charge in [-0.2, -0.15) is 0 Å². The second kappa shape index (κ2) is 18.1. The van der Waals surface area contributed by atoms with E-state index < -0.39 is 0 Å². The van der Waals surface area contributed by atoms with E-state index in [4.69, 9.17) is 5.73 Å². The molecule has 1 aromatic carbocycles. The minimum absolute atomic E-state index is 0.0451. The first-order valence-electron chi connectivity index (χ1n) is 12.2. The van der Waals surface area contributed by atoms with Gasteiger partial charge in [0.25, 0.3) is 0 Å². The number of nitrogens with one attached hydrogen (secondary N) is 2. The first kappa shape index (κ1) is 30.6. The molecule has 0 saturated heterocycles. The average Bonchev–Trinajstić information content (AvgIpc) is 2.77. The Kier molecular flexibility index (Phi) is 16.8. The third-order valence-electron chi connectivity index (χ3n) is 4.91. The van der Waals surface area contributed by atoms with Crippen LogP contribution in [0.25, 0.3) is 0 Å². The number of aliphatic hydroxyl groups excluding tert-OH is 1. The maximum Gasteiger partial charge on any atom is 0.207 e. The summed E-state index contributed by atoms with van der Waals surface area (Å²) in [6.07, 6.45) is 5.16. The molecule has 0 unspecified atom stereocenters. The molecule has 7 nitrogen and oxygen atoms in total. The average molecular weight is 462 g/mol. The molecule has 2 rings (SSSR count). The van der Waals surface area contributed by atoms with Gasteiger partial charge >= 0.3 is 0 Å². The highest BCUT2D eigenvalue weighted by Crippen LogP contribution is 2.21. The van der Waals surface area contributed by atoms with Crippen molar-refractivity contribution in [2.24, 2.45) is 10.7 Å². The Morgan fingerprint density at radius 1 is 1.21 bits per heavy atom. The third kappa shape index (κ3) is 13.0. The molecule has 1 aliphatic heterocycles. The molecule has 7 heteroatoms. The molecule has 0 atom stereocenters. The minimum Gasteiger partial charge on any atom is -0.388 e. The van der Waals surface area contributed by atoms with Crippen molar-refractivity contribution in [1.82, 2.24) is 15.5 Å². The van der Waals surface area contributed by atoms with E-state index in [1.165, 1.54) is 29.7 Å². The predicted octanol–water partition coefficient (Wildman–Crippen LogP) is 4.15. The zero-order valence-corrected chi connectivity index (χ0v) is 21.9. The highest BCUT2D eigenvalue weighted by atomic mass is 16.3. The van der Waals surface area contributed by atoms with Gasteiger partial charge in [0.15, 0.2) is 0 Å². The van der Waals surface area contributed by atoms with Crippen molar-refractivity contribution in [3.63, 3.8) is 0 Å². The molecule has 0 spiro atoms. The Balaban J connectivity index is 0.00000111. The number of aliphatic imine (C=N–C) groups is 1. The van der Waals surface area contributed by atoms with Crippen LogP contribution in [0.3, 0.4) is 0 Å². The van der Waals surface area contributed by atoms with Crippen molar-refractivity contribution in [3.8, 4) is 0 Å². The number of aryl methyl sites for hydroxylation is 2. The van der Waals surface area contributed by atoms with E-state index in [0.29, 0.717) is 18.8 Å². The van der Waals surface area contributed by atoms with Gasteiger partial charge in [0.2, 0.25) is 6.41 Å². The van der Waals surface area contributed by atoms with Crippen molar-refractivity contribution in [2.75, 3.05) is 26.4 Å². The van der Waals surface area contributed by atoms with Gasteiger partial charge in [-0.05, 0) is 57.4 Å². The van der Waals surface area contributed by atoms with Gasteiger partial charge < -0.3 is 21.5 Å². The van der Waals surface area contributed by atoms with Gasteiger partial charge in [-0.3, -0.25) is 9.69 Å². The molecule has 0 saturated carbocycles. The zero-order chi connectivity index (χ0) is 25.2. The number of carbonyl (C=O) groups is 1. The number of carbonyl (C=O) groups excluding carboxylic acids is 1. The Hall–Kier alpha value is -2.38. The van der Waals surface area contributed by atoms with Gasteiger partial charge in [-0.1, -0.05) is 39.7 Å². The normalized spacial score (nSPS) is 14.2. The van der Waals surface area contributed by atoms with Crippen LogP contribution in [0.1, 0.15) is 71.4 Å². The third-order valence-corrected chi connectivity index (χ3v) is 4.91. The molecule has 1 aliphatic rings. The molecule has 188 valence electrons. The summed E-state index contributed by atoms with van der Waals surface area (Å²) < 4.78 is 0. The number of rotatable bonds is 10. The largest absolute Gasteiger partial charge is 0.388 e. The van der Waals surface area contributed by atoms with E-state index in [1.807, 2.05) is 44.7 Å². The Bertz CT molecular complexity index is 724. The zero-order valence-electron chi connectivity index (χ0n) is 21.9. The van der Waals surface area contributed by atoms with Crippen LogP contribution in [0, 0.1) is 13.8 Å². The quantitative estimate of drug-likeness (QED) is 0.181. The van der Waals surface area contributed by atoms with Crippen LogP contribution in [0.4, 0.5) is 5.69 Å². The smallest absolute Gasteiger partial charge is 0.207 e. The van der Waals surface area contributed by atoms with Gasteiger partial charge in [-0.25, -0.2) is 4.99 Å². The Morgan fingerprint density at radius 2 is 1.85 bits per heavy atom. The highest BCUT2D eigenvalue weighted by molar-refractivity contribution is 5.99. The fourth-order valence-corrected chi connectivity index (χ4v) is 3.34. The lowest BCUT2D eigenvalue weighted by atomic mass is 10.0. The van der Waals surface area contributed by atoms with Crippen LogP contribution in [-0.2, 0) is 4.79 Å². The van der Waals surface area contributed by atoms with Gasteiger partial charge in [0.1, 0.15) is 5.84 Å². The molecular weight excluding hydrogens is 414 g/mol. The van der Waals surface area contributed by atoms with Crippen LogP contribution in [-0.4, -0.2) is 54.7 Å². The van der Waals surface area contributed by atoms with E-state index >= 15 is 0 Å². The molecule has 0 aromatic heterocycles. The number of hydrogen-bond acceptors (Lipinski definition) is 5. The highest BCUT2D eigenvalue weighted by Gasteiger charge is 2.20. The molecule has 0 aliphatic carbocycles. The fraction of sp³-hybridized carbons (Fsp3) is 0.615. The summed E-state index contributed by atoms with van der Waals surface area (Å²) in [5, 5.41) is 15.6. The van der Waals surface area contributed by atoms with Gasteiger partial charge in [0.05, 0.1) is 12.4 Å². The van der Waals surface area contributed by atoms with E-state index in [1.54, 1.807) is 0 Å². The number of aliphatic hydroxyl groups is 1. The minimum atomic E-state index is 0.0451. The first-order valence-corrected chi connectivity index (χ1v) is 12.2. The lowest BCUT2D eigenvalue weighted by Gasteiger charge is -2.29. The van der Waals surface area contributed by atoms with E-state index in [9.17, 15) is 9.90 Å². The number of nitrogens with two attached hydrogens (primary N) is 1. The Morgan fingerprint density at radius 3 is 2.33 bits per heavy atom. The molecule has 33 heavy (non-hydrogen) atoms. The standard InChI is InChI=1S/C20H32N4O.C4H9NO.C2H6/c1-4-5-6-8-22-19-7-9-24(14-25)13-18(19)20(21)23-17-11-15(2)10-16(3)12-17;1-4(2)5-3-6;1-2/h10-12,22,25H,4-9,13-14H2,1-3H3,(H2,21,23);3-4H,1-2H3,(H,5,6);1-2H3. The molecule has 0 radical (unpaired) electrons. The number of amides is 1. The van der Waals surface area contributed by atoms with Crippen molar-refractivity contribution in [1.29, 1.82) is 0 Å². The van der Waals surface area contributed by atoms with Crippen LogP contribution in [0.2, 0.25) is 0 Å². The number of hydrogen-bond donors (Lipinski definition) is 4. The number of unbranched alkanes of at least 4 members (excludes halogenated alkanes) is 2. The van der Waals surface area contributed by atoms with E-state index in [0.717, 1.165) is 37.2 Å². The molecule has 0 fully saturated rings. The lowest BCUT2D eigenvalue weighted by Crippen LogP contribution is -2.39. The van der Waals surface area contributed by atoms with Gasteiger partial charge in [-0.15, -0.1) is 0 Å². The SMILES string of the molecule is CC.CC(C)NC=O.CCCCCNC1=C(C(N)=Nc2cc(C)cc(C)c2)CN(CO)CC1. The molecule has 5 N–H and O–H groups in total. The maximum atomic E-state index is 9.50. The summed E-state index contributed by atoms with van der Waals surface area (Å²) in [5.41, 5.74) is 11.8. The topological polar surface area (TPSA) is 103 Å². The van der Waals surface area contributed by atoms with Crippen LogP contribution in [0.15, 0.2) is 34.5 Å². The van der Waals surface area contributed by atoms with E-state index in [-0.39, 0.29) is 12.8 Å². The van der Waals surface area contributed by atoms with E-state index in [2.05, 4.69) is 42.5 Å². The molecular formula is C26H47N5O2. The number of nitrogens with zero attached hydrogens (tertiary/aromatic N) is 2. The van der Waals surface area contributed by atoms with Crippen LogP contribution in [0.5, 0.6) is 0 Å². The second-order valence-corrected chi connectivity index (χ2v) is 8.32. The van der Waals surface area contributed by atoms with Crippen molar-refractivity contribution in [3.05, 3.63) is 40.6 Å². The van der Waals surface area contributed by atoms with Crippen molar-refractivity contribution < 1.29 is 9.90 Å². The fourth-order valence-electron chi connectivity index (χ4n) is 3.34. The van der Waals surface area contributed by atoms with Crippen molar-refractivity contribution in [2.45, 2.75) is 80.2 Å². The molecule has 1 heterocycles. The summed E-state index contributed by atoms with van der Waals surface area (Å²) in [7, 11) is 0. The number of amidine groups is 1.